The lowest BCUT2D eigenvalue weighted by Gasteiger charge is -2.09. The number of amides is 1. The third-order valence-electron chi connectivity index (χ3n) is 4.47. The number of hydrogen-bond donors (Lipinski definition) is 1. The number of ether oxygens (including phenoxy) is 2. The average molecular weight is 399 g/mol. The first-order valence-electron chi connectivity index (χ1n) is 9.70. The first kappa shape index (κ1) is 19.4. The summed E-state index contributed by atoms with van der Waals surface area (Å²) in [6, 6.07) is 24.8. The number of nitrogens with one attached hydrogen (secondary N) is 1. The Morgan fingerprint density at radius 3 is 2.53 bits per heavy atom. The van der Waals surface area contributed by atoms with Crippen LogP contribution in [0.3, 0.4) is 0 Å². The van der Waals surface area contributed by atoms with Crippen molar-refractivity contribution < 1.29 is 14.3 Å². The summed E-state index contributed by atoms with van der Waals surface area (Å²) in [5.41, 5.74) is 2.20. The summed E-state index contributed by atoms with van der Waals surface area (Å²) in [6.45, 7) is 2.35. The van der Waals surface area contributed by atoms with Gasteiger partial charge in [0.2, 0.25) is 5.88 Å². The SMILES string of the molecule is CCOc1ccc(-c2cccc(NC(=O)COc3ccc4ccccc4c3)c2)nn1. The molecule has 6 nitrogen and oxygen atoms in total. The summed E-state index contributed by atoms with van der Waals surface area (Å²) in [6.07, 6.45) is 0. The topological polar surface area (TPSA) is 73.3 Å². The molecule has 0 radical (unpaired) electrons. The summed E-state index contributed by atoms with van der Waals surface area (Å²) in [4.78, 5) is 12.3. The van der Waals surface area contributed by atoms with Gasteiger partial charge in [-0.1, -0.05) is 42.5 Å². The van der Waals surface area contributed by atoms with Crippen LogP contribution in [0.5, 0.6) is 11.6 Å². The molecule has 0 unspecified atom stereocenters. The van der Waals surface area contributed by atoms with Crippen LogP contribution in [0.25, 0.3) is 22.0 Å². The molecule has 30 heavy (non-hydrogen) atoms. The molecule has 4 rings (SSSR count). The molecule has 150 valence electrons. The Hall–Kier alpha value is -3.93. The predicted molar refractivity (Wildman–Crippen MR) is 117 cm³/mol. The van der Waals surface area contributed by atoms with Gasteiger partial charge in [-0.05, 0) is 48.0 Å². The molecule has 4 aromatic rings. The summed E-state index contributed by atoms with van der Waals surface area (Å²) in [5.74, 6) is 0.900. The van der Waals surface area contributed by atoms with Crippen molar-refractivity contribution in [1.82, 2.24) is 10.2 Å². The highest BCUT2D eigenvalue weighted by atomic mass is 16.5. The minimum absolute atomic E-state index is 0.0779. The molecule has 0 atom stereocenters. The molecule has 0 saturated heterocycles. The Balaban J connectivity index is 1.38. The number of hydrogen-bond acceptors (Lipinski definition) is 5. The van der Waals surface area contributed by atoms with Gasteiger partial charge < -0.3 is 14.8 Å². The Labute approximate surface area is 174 Å². The fourth-order valence-electron chi connectivity index (χ4n) is 3.06. The van der Waals surface area contributed by atoms with Gasteiger partial charge in [0.15, 0.2) is 6.61 Å². The first-order chi connectivity index (χ1) is 14.7. The Morgan fingerprint density at radius 1 is 0.867 bits per heavy atom. The van der Waals surface area contributed by atoms with Crippen molar-refractivity contribution >= 4 is 22.4 Å². The third kappa shape index (κ3) is 4.72. The molecule has 0 spiro atoms. The van der Waals surface area contributed by atoms with E-state index in [0.29, 0.717) is 29.6 Å². The monoisotopic (exact) mass is 399 g/mol. The second-order valence-corrected chi connectivity index (χ2v) is 6.62. The largest absolute Gasteiger partial charge is 0.484 e. The Morgan fingerprint density at radius 2 is 1.73 bits per heavy atom. The molecule has 1 N–H and O–H groups in total. The molecule has 0 aliphatic carbocycles. The van der Waals surface area contributed by atoms with E-state index in [1.807, 2.05) is 79.7 Å². The van der Waals surface area contributed by atoms with E-state index in [1.54, 1.807) is 6.07 Å². The van der Waals surface area contributed by atoms with E-state index in [2.05, 4.69) is 15.5 Å². The van der Waals surface area contributed by atoms with Gasteiger partial charge >= 0.3 is 0 Å². The van der Waals surface area contributed by atoms with Crippen LogP contribution in [0.2, 0.25) is 0 Å². The van der Waals surface area contributed by atoms with Gasteiger partial charge in [0.05, 0.1) is 12.3 Å². The smallest absolute Gasteiger partial charge is 0.262 e. The van der Waals surface area contributed by atoms with Gasteiger partial charge in [-0.25, -0.2) is 0 Å². The lowest BCUT2D eigenvalue weighted by atomic mass is 10.1. The maximum absolute atomic E-state index is 12.3. The molecular formula is C24H21N3O3. The lowest BCUT2D eigenvalue weighted by molar-refractivity contribution is -0.118. The molecule has 0 aliphatic rings. The van der Waals surface area contributed by atoms with Crippen LogP contribution < -0.4 is 14.8 Å². The van der Waals surface area contributed by atoms with E-state index < -0.39 is 0 Å². The molecule has 1 heterocycles. The van der Waals surface area contributed by atoms with Crippen molar-refractivity contribution in [2.24, 2.45) is 0 Å². The van der Waals surface area contributed by atoms with Crippen molar-refractivity contribution in [1.29, 1.82) is 0 Å². The van der Waals surface area contributed by atoms with Gasteiger partial charge in [-0.3, -0.25) is 4.79 Å². The van der Waals surface area contributed by atoms with Crippen molar-refractivity contribution in [3.63, 3.8) is 0 Å². The third-order valence-corrected chi connectivity index (χ3v) is 4.47. The molecule has 3 aromatic carbocycles. The van der Waals surface area contributed by atoms with E-state index in [4.69, 9.17) is 9.47 Å². The minimum atomic E-state index is -0.238. The molecule has 1 aromatic heterocycles. The van der Waals surface area contributed by atoms with E-state index in [1.165, 1.54) is 0 Å². The zero-order valence-electron chi connectivity index (χ0n) is 16.5. The van der Waals surface area contributed by atoms with E-state index in [0.717, 1.165) is 16.3 Å². The minimum Gasteiger partial charge on any atom is -0.484 e. The summed E-state index contributed by atoms with van der Waals surface area (Å²) in [7, 11) is 0. The van der Waals surface area contributed by atoms with Gasteiger partial charge in [-0.15, -0.1) is 10.2 Å². The first-order valence-corrected chi connectivity index (χ1v) is 9.70. The van der Waals surface area contributed by atoms with E-state index in [9.17, 15) is 4.79 Å². The second kappa shape index (κ2) is 9.05. The molecule has 6 heteroatoms. The molecule has 0 saturated carbocycles. The van der Waals surface area contributed by atoms with Crippen molar-refractivity contribution in [3.8, 4) is 22.9 Å². The fraction of sp³-hybridized carbons (Fsp3) is 0.125. The number of carbonyl (C=O) groups is 1. The molecular weight excluding hydrogens is 378 g/mol. The van der Waals surface area contributed by atoms with E-state index >= 15 is 0 Å². The van der Waals surface area contributed by atoms with Crippen molar-refractivity contribution in [3.05, 3.63) is 78.9 Å². The van der Waals surface area contributed by atoms with Crippen LogP contribution in [0.15, 0.2) is 78.9 Å². The molecule has 0 aliphatic heterocycles. The molecule has 0 fully saturated rings. The number of carbonyl (C=O) groups excluding carboxylic acids is 1. The molecule has 0 bridgehead atoms. The number of rotatable bonds is 7. The number of benzene rings is 3. The predicted octanol–water partition coefficient (Wildman–Crippen LogP) is 4.71. The summed E-state index contributed by atoms with van der Waals surface area (Å²) >= 11 is 0. The van der Waals surface area contributed by atoms with Gasteiger partial charge in [0, 0.05) is 17.3 Å². The number of anilines is 1. The molecule has 1 amide bonds. The maximum Gasteiger partial charge on any atom is 0.262 e. The normalized spacial score (nSPS) is 10.6. The van der Waals surface area contributed by atoms with Crippen LogP contribution in [0.1, 0.15) is 6.92 Å². The van der Waals surface area contributed by atoms with Crippen molar-refractivity contribution in [2.45, 2.75) is 6.92 Å². The van der Waals surface area contributed by atoms with Crippen LogP contribution in [0, 0.1) is 0 Å². The quantitative estimate of drug-likeness (QED) is 0.487. The van der Waals surface area contributed by atoms with Crippen LogP contribution >= 0.6 is 0 Å². The Kier molecular flexibility index (Phi) is 5.85. The zero-order chi connectivity index (χ0) is 20.8. The average Bonchev–Trinajstić information content (AvgIpc) is 2.78. The Bertz CT molecular complexity index is 1160. The highest BCUT2D eigenvalue weighted by Crippen LogP contribution is 2.22. The van der Waals surface area contributed by atoms with Gasteiger partial charge in [0.1, 0.15) is 5.75 Å². The van der Waals surface area contributed by atoms with Crippen LogP contribution in [-0.4, -0.2) is 29.3 Å². The fourth-order valence-corrected chi connectivity index (χ4v) is 3.06. The van der Waals surface area contributed by atoms with Crippen molar-refractivity contribution in [2.75, 3.05) is 18.5 Å². The standard InChI is InChI=1S/C24H21N3O3/c1-2-29-24-13-12-22(26-27-24)19-8-5-9-20(14-19)25-23(28)16-30-21-11-10-17-6-3-4-7-18(17)15-21/h3-15H,2,16H2,1H3,(H,25,28). The summed E-state index contributed by atoms with van der Waals surface area (Å²) in [5, 5.41) is 13.3. The number of aromatic nitrogens is 2. The van der Waals surface area contributed by atoms with Crippen LogP contribution in [0.4, 0.5) is 5.69 Å². The second-order valence-electron chi connectivity index (χ2n) is 6.62. The zero-order valence-corrected chi connectivity index (χ0v) is 16.5. The highest BCUT2D eigenvalue weighted by Gasteiger charge is 2.07. The highest BCUT2D eigenvalue weighted by molar-refractivity contribution is 5.92. The van der Waals surface area contributed by atoms with Gasteiger partial charge in [0.25, 0.3) is 5.91 Å². The van der Waals surface area contributed by atoms with E-state index in [-0.39, 0.29) is 12.5 Å². The summed E-state index contributed by atoms with van der Waals surface area (Å²) < 4.78 is 11.0. The number of fused-ring (bicyclic) bond motifs is 1. The maximum atomic E-state index is 12.3. The van der Waals surface area contributed by atoms with Gasteiger partial charge in [-0.2, -0.15) is 0 Å². The number of nitrogens with zero attached hydrogens (tertiary/aromatic N) is 2. The lowest BCUT2D eigenvalue weighted by Crippen LogP contribution is -2.20. The van der Waals surface area contributed by atoms with Crippen LogP contribution in [-0.2, 0) is 4.79 Å².